The minimum atomic E-state index is -2.17. The first-order chi connectivity index (χ1) is 18.5. The fourth-order valence-corrected chi connectivity index (χ4v) is 15.4. The fourth-order valence-electron chi connectivity index (χ4n) is 6.10. The van der Waals surface area contributed by atoms with Crippen molar-refractivity contribution in [3.8, 4) is 22.1 Å². The van der Waals surface area contributed by atoms with E-state index in [1.54, 1.807) is 0 Å². The van der Waals surface area contributed by atoms with E-state index >= 15 is 0 Å². The van der Waals surface area contributed by atoms with Gasteiger partial charge in [0.1, 0.15) is 0 Å². The van der Waals surface area contributed by atoms with Gasteiger partial charge in [-0.15, -0.1) is 0 Å². The zero-order valence-corrected chi connectivity index (χ0v) is 28.6. The molecule has 5 rings (SSSR count). The molecule has 196 valence electrons. The third kappa shape index (κ3) is 4.90. The summed E-state index contributed by atoms with van der Waals surface area (Å²) >= 11 is 1.61. The molecular formula is C34H40GeS2Si. The molecule has 0 bridgehead atoms. The van der Waals surface area contributed by atoms with Gasteiger partial charge < -0.3 is 0 Å². The van der Waals surface area contributed by atoms with Gasteiger partial charge in [0.15, 0.2) is 0 Å². The van der Waals surface area contributed by atoms with Crippen LogP contribution in [-0.4, -0.2) is 26.6 Å². The molecule has 1 aliphatic heterocycles. The van der Waals surface area contributed by atoms with E-state index in [1.165, 1.54) is 76.3 Å². The van der Waals surface area contributed by atoms with Crippen molar-refractivity contribution < 1.29 is 0 Å². The maximum absolute atomic E-state index is 4.00. The van der Waals surface area contributed by atoms with Crippen LogP contribution in [0, 0.1) is 28.1 Å². The van der Waals surface area contributed by atoms with Crippen LogP contribution in [0.15, 0.2) is 35.1 Å². The fraction of sp³-hybridized carbons (Fsp3) is 0.412. The summed E-state index contributed by atoms with van der Waals surface area (Å²) in [6.07, 6.45) is 7.42. The predicted molar refractivity (Wildman–Crippen MR) is 180 cm³/mol. The first-order valence-electron chi connectivity index (χ1n) is 14.5. The molecule has 2 atom stereocenters. The van der Waals surface area contributed by atoms with Crippen molar-refractivity contribution in [1.82, 2.24) is 0 Å². The molecule has 1 aliphatic carbocycles. The molecule has 2 unspecified atom stereocenters. The monoisotopic (exact) mass is 614 g/mol. The molecule has 2 aliphatic rings. The van der Waals surface area contributed by atoms with Crippen LogP contribution in [0.1, 0.15) is 52.7 Å². The summed E-state index contributed by atoms with van der Waals surface area (Å²) in [6, 6.07) is 10.8. The molecule has 0 spiro atoms. The molecule has 0 N–H and O–H groups in total. The van der Waals surface area contributed by atoms with Gasteiger partial charge >= 0.3 is 243 Å². The number of thiophene rings is 1. The van der Waals surface area contributed by atoms with E-state index in [1.807, 2.05) is 23.1 Å². The average molecular weight is 614 g/mol. The second-order valence-corrected chi connectivity index (χ2v) is 28.3. The van der Waals surface area contributed by atoms with Crippen LogP contribution >= 0.6 is 23.1 Å². The number of rotatable bonds is 6. The summed E-state index contributed by atoms with van der Waals surface area (Å²) in [5.74, 6) is 8.22. The van der Waals surface area contributed by atoms with Gasteiger partial charge in [0.05, 0.1) is 0 Å². The van der Waals surface area contributed by atoms with Crippen molar-refractivity contribution in [1.29, 1.82) is 0 Å². The van der Waals surface area contributed by atoms with Gasteiger partial charge in [0.2, 0.25) is 0 Å². The van der Waals surface area contributed by atoms with E-state index in [2.05, 4.69) is 111 Å². The second kappa shape index (κ2) is 11.5. The van der Waals surface area contributed by atoms with Gasteiger partial charge in [-0.05, 0) is 0 Å². The van der Waals surface area contributed by atoms with E-state index in [9.17, 15) is 0 Å². The molecule has 0 saturated carbocycles. The van der Waals surface area contributed by atoms with Crippen LogP contribution in [-0.2, 0) is 0 Å². The Morgan fingerprint density at radius 3 is 2.18 bits per heavy atom. The molecule has 4 heteroatoms. The SMILES string of the molecule is CC[Si](C#Cc1c2c(c(C#[C][Ge]([CH2]C)([CH2]C)[CH2]C)c3cc4ccsc4cc13)=CC1SC=CC1C=2)(CC)CC. The van der Waals surface area contributed by atoms with Crippen LogP contribution in [0.25, 0.3) is 33.0 Å². The number of fused-ring (bicyclic) bond motifs is 4. The third-order valence-corrected chi connectivity index (χ3v) is 26.1. The molecule has 0 fully saturated rings. The van der Waals surface area contributed by atoms with E-state index in [0.717, 1.165) is 0 Å². The summed E-state index contributed by atoms with van der Waals surface area (Å²) in [5, 5.41) is 15.4. The first kappa shape index (κ1) is 27.9. The molecule has 0 radical (unpaired) electrons. The van der Waals surface area contributed by atoms with Crippen LogP contribution in [0.4, 0.5) is 0 Å². The van der Waals surface area contributed by atoms with E-state index in [0.29, 0.717) is 11.2 Å². The Kier molecular flexibility index (Phi) is 8.42. The molecule has 0 amide bonds. The van der Waals surface area contributed by atoms with E-state index in [4.69, 9.17) is 0 Å². The quantitative estimate of drug-likeness (QED) is 0.198. The number of hydrogen-bond donors (Lipinski definition) is 0. The summed E-state index contributed by atoms with van der Waals surface area (Å²) < 4.78 is 5.35. The molecule has 0 saturated heterocycles. The van der Waals surface area contributed by atoms with Crippen molar-refractivity contribution in [3.63, 3.8) is 0 Å². The Morgan fingerprint density at radius 1 is 0.842 bits per heavy atom. The molecule has 1 aromatic heterocycles. The van der Waals surface area contributed by atoms with Crippen molar-refractivity contribution in [2.75, 3.05) is 0 Å². The Labute approximate surface area is 241 Å². The Morgan fingerprint density at radius 2 is 1.50 bits per heavy atom. The van der Waals surface area contributed by atoms with Crippen molar-refractivity contribution in [2.45, 2.75) is 80.7 Å². The zero-order valence-electron chi connectivity index (χ0n) is 23.8. The van der Waals surface area contributed by atoms with Crippen molar-refractivity contribution in [2.24, 2.45) is 5.92 Å². The summed E-state index contributed by atoms with van der Waals surface area (Å²) in [4.78, 5) is 0. The third-order valence-electron chi connectivity index (χ3n) is 9.53. The molecule has 2 heterocycles. The van der Waals surface area contributed by atoms with Gasteiger partial charge in [-0.3, -0.25) is 0 Å². The van der Waals surface area contributed by atoms with Crippen LogP contribution in [0.2, 0.25) is 33.9 Å². The topological polar surface area (TPSA) is 0 Å². The Balaban J connectivity index is 1.92. The minimum absolute atomic E-state index is 0.445. The average Bonchev–Trinajstić information content (AvgIpc) is 3.62. The number of thioether (sulfide) groups is 1. The van der Waals surface area contributed by atoms with Gasteiger partial charge in [-0.2, -0.15) is 0 Å². The first-order valence-corrected chi connectivity index (χ1v) is 24.5. The summed E-state index contributed by atoms with van der Waals surface area (Å²) in [5.41, 5.74) is 6.46. The van der Waals surface area contributed by atoms with Gasteiger partial charge in [-0.25, -0.2) is 0 Å². The molecule has 0 nitrogen and oxygen atoms in total. The number of benzene rings is 2. The van der Waals surface area contributed by atoms with Crippen LogP contribution in [0.3, 0.4) is 0 Å². The van der Waals surface area contributed by atoms with Gasteiger partial charge in [0.25, 0.3) is 0 Å². The maximum atomic E-state index is 4.00. The number of hydrogen-bond acceptors (Lipinski definition) is 2. The molecule has 3 aromatic rings. The van der Waals surface area contributed by atoms with E-state index < -0.39 is 21.3 Å². The summed E-state index contributed by atoms with van der Waals surface area (Å²) in [6.45, 7) is 14.2. The zero-order chi connectivity index (χ0) is 26.9. The van der Waals surface area contributed by atoms with E-state index in [-0.39, 0.29) is 0 Å². The normalized spacial score (nSPS) is 18.2. The molecular weight excluding hydrogens is 573 g/mol. The second-order valence-electron chi connectivity index (χ2n) is 11.0. The van der Waals surface area contributed by atoms with Crippen molar-refractivity contribution in [3.05, 3.63) is 56.6 Å². The molecule has 38 heavy (non-hydrogen) atoms. The standard InChI is InChI=1S/C34H40GeS2Si/c1-7-35(8-2,9-3)17-13-27-29-21-25-14-18-37-34(25)24-32(29)28(16-20-38(10-4,11-5)12-6)30-22-26-15-19-36-33(26)23-31(27)30/h14-15,18-19,21-24,26,33H,7-12H2,1-6H3. The van der Waals surface area contributed by atoms with Crippen LogP contribution < -0.4 is 10.4 Å². The van der Waals surface area contributed by atoms with Gasteiger partial charge in [0, 0.05) is 0 Å². The molecule has 2 aromatic carbocycles. The number of allylic oxidation sites excluding steroid dienone is 1. The van der Waals surface area contributed by atoms with Crippen molar-refractivity contribution >= 4 is 77.4 Å². The Hall–Kier alpha value is -1.63. The summed E-state index contributed by atoms with van der Waals surface area (Å²) in [7, 11) is -1.59. The predicted octanol–water partition coefficient (Wildman–Crippen LogP) is 8.67. The van der Waals surface area contributed by atoms with Crippen LogP contribution in [0.5, 0.6) is 0 Å². The van der Waals surface area contributed by atoms with Gasteiger partial charge in [-0.1, -0.05) is 0 Å². The Bertz CT molecular complexity index is 1630.